The number of likely N-dealkylation sites (tertiary alicyclic amines) is 1. The summed E-state index contributed by atoms with van der Waals surface area (Å²) in [5.74, 6) is 1.46. The minimum absolute atomic E-state index is 0.153. The molecule has 0 unspecified atom stereocenters. The molecule has 2 atom stereocenters. The number of fused-ring (bicyclic) bond motifs is 1. The van der Waals surface area contributed by atoms with Gasteiger partial charge in [-0.1, -0.05) is 5.21 Å². The molecule has 3 heterocycles. The molecular weight excluding hydrogens is 206 g/mol. The molecule has 0 radical (unpaired) electrons. The molecule has 0 aromatic carbocycles. The molecule has 3 rings (SSSR count). The van der Waals surface area contributed by atoms with E-state index in [1.165, 1.54) is 0 Å². The molecule has 1 aromatic rings. The molecule has 0 bridgehead atoms. The Morgan fingerprint density at radius 1 is 1.38 bits per heavy atom. The summed E-state index contributed by atoms with van der Waals surface area (Å²) in [5, 5.41) is 10.9. The lowest BCUT2D eigenvalue weighted by Gasteiger charge is -2.17. The van der Waals surface area contributed by atoms with Crippen LogP contribution < -0.4 is 5.32 Å². The summed E-state index contributed by atoms with van der Waals surface area (Å²) in [4.78, 5) is 13.9. The number of aromatic nitrogens is 3. The SMILES string of the molecule is O=C(Cn1ccnn1)N1C[C@H]2CNC[C@H]2C1. The first-order valence-electron chi connectivity index (χ1n) is 5.65. The number of carbonyl (C=O) groups is 1. The standard InChI is InChI=1S/C10H15N5O/c16-10(7-15-2-1-12-13-15)14-5-8-3-11-4-9(8)6-14/h1-2,8-9,11H,3-7H2/t8-,9+. The van der Waals surface area contributed by atoms with Crippen LogP contribution in [0.5, 0.6) is 0 Å². The molecule has 1 N–H and O–H groups in total. The maximum atomic E-state index is 12.0. The van der Waals surface area contributed by atoms with Gasteiger partial charge in [0.2, 0.25) is 5.91 Å². The second-order valence-corrected chi connectivity index (χ2v) is 4.58. The van der Waals surface area contributed by atoms with E-state index in [2.05, 4.69) is 15.6 Å². The van der Waals surface area contributed by atoms with Crippen LogP contribution in [0.25, 0.3) is 0 Å². The molecule has 86 valence electrons. The molecule has 0 spiro atoms. The summed E-state index contributed by atoms with van der Waals surface area (Å²) >= 11 is 0. The topological polar surface area (TPSA) is 63.1 Å². The summed E-state index contributed by atoms with van der Waals surface area (Å²) in [6, 6.07) is 0. The molecule has 1 amide bonds. The van der Waals surface area contributed by atoms with E-state index in [-0.39, 0.29) is 5.91 Å². The third-order valence-electron chi connectivity index (χ3n) is 3.51. The van der Waals surface area contributed by atoms with Gasteiger partial charge in [0.1, 0.15) is 6.54 Å². The molecule has 2 aliphatic heterocycles. The van der Waals surface area contributed by atoms with E-state index in [0.717, 1.165) is 26.2 Å². The fraction of sp³-hybridized carbons (Fsp3) is 0.700. The molecule has 6 heteroatoms. The van der Waals surface area contributed by atoms with Gasteiger partial charge in [-0.3, -0.25) is 4.79 Å². The van der Waals surface area contributed by atoms with Crippen LogP contribution in [0.15, 0.2) is 12.4 Å². The average molecular weight is 221 g/mol. The van der Waals surface area contributed by atoms with Crippen molar-refractivity contribution in [2.24, 2.45) is 11.8 Å². The zero-order valence-electron chi connectivity index (χ0n) is 9.04. The van der Waals surface area contributed by atoms with Gasteiger partial charge in [-0.25, -0.2) is 4.68 Å². The van der Waals surface area contributed by atoms with Crippen molar-refractivity contribution >= 4 is 5.91 Å². The first-order chi connectivity index (χ1) is 7.83. The summed E-state index contributed by atoms with van der Waals surface area (Å²) in [7, 11) is 0. The van der Waals surface area contributed by atoms with E-state index in [1.807, 2.05) is 4.90 Å². The minimum atomic E-state index is 0.153. The number of carbonyl (C=O) groups excluding carboxylic acids is 1. The van der Waals surface area contributed by atoms with Crippen LogP contribution in [0, 0.1) is 11.8 Å². The van der Waals surface area contributed by atoms with Gasteiger partial charge in [0, 0.05) is 32.4 Å². The molecular formula is C10H15N5O. The van der Waals surface area contributed by atoms with Gasteiger partial charge in [-0.2, -0.15) is 0 Å². The van der Waals surface area contributed by atoms with Crippen molar-refractivity contribution in [2.45, 2.75) is 6.54 Å². The lowest BCUT2D eigenvalue weighted by atomic mass is 10.0. The van der Waals surface area contributed by atoms with Crippen molar-refractivity contribution in [1.29, 1.82) is 0 Å². The highest BCUT2D eigenvalue weighted by atomic mass is 16.2. The van der Waals surface area contributed by atoms with Crippen molar-refractivity contribution < 1.29 is 4.79 Å². The lowest BCUT2D eigenvalue weighted by Crippen LogP contribution is -2.34. The highest BCUT2D eigenvalue weighted by Gasteiger charge is 2.37. The Kier molecular flexibility index (Phi) is 2.36. The second-order valence-electron chi connectivity index (χ2n) is 4.58. The monoisotopic (exact) mass is 221 g/mol. The zero-order chi connectivity index (χ0) is 11.0. The summed E-state index contributed by atoms with van der Waals surface area (Å²) in [5.41, 5.74) is 0. The van der Waals surface area contributed by atoms with Crippen LogP contribution in [0.3, 0.4) is 0 Å². The number of hydrogen-bond acceptors (Lipinski definition) is 4. The second kappa shape index (κ2) is 3.86. The van der Waals surface area contributed by atoms with Crippen LogP contribution in [-0.4, -0.2) is 52.0 Å². The molecule has 6 nitrogen and oxygen atoms in total. The Bertz CT molecular complexity index is 365. The van der Waals surface area contributed by atoms with E-state index in [4.69, 9.17) is 0 Å². The number of rotatable bonds is 2. The van der Waals surface area contributed by atoms with Crippen LogP contribution >= 0.6 is 0 Å². The minimum Gasteiger partial charge on any atom is -0.340 e. The van der Waals surface area contributed by atoms with Crippen LogP contribution in [0.4, 0.5) is 0 Å². The Hall–Kier alpha value is -1.43. The fourth-order valence-electron chi connectivity index (χ4n) is 2.61. The first kappa shape index (κ1) is 9.77. The zero-order valence-corrected chi connectivity index (χ0v) is 9.04. The van der Waals surface area contributed by atoms with Gasteiger partial charge in [0.05, 0.1) is 6.20 Å². The van der Waals surface area contributed by atoms with E-state index < -0.39 is 0 Å². The average Bonchev–Trinajstić information content (AvgIpc) is 2.91. The van der Waals surface area contributed by atoms with Crippen molar-refractivity contribution in [3.63, 3.8) is 0 Å². The fourth-order valence-corrected chi connectivity index (χ4v) is 2.61. The molecule has 0 aliphatic carbocycles. The van der Waals surface area contributed by atoms with E-state index in [1.54, 1.807) is 17.1 Å². The molecule has 2 fully saturated rings. The van der Waals surface area contributed by atoms with Gasteiger partial charge >= 0.3 is 0 Å². The molecule has 16 heavy (non-hydrogen) atoms. The van der Waals surface area contributed by atoms with Crippen LogP contribution in [-0.2, 0) is 11.3 Å². The quantitative estimate of drug-likeness (QED) is 0.692. The third-order valence-corrected chi connectivity index (χ3v) is 3.51. The summed E-state index contributed by atoms with van der Waals surface area (Å²) in [6.45, 7) is 4.21. The highest BCUT2D eigenvalue weighted by Crippen LogP contribution is 2.26. The smallest absolute Gasteiger partial charge is 0.244 e. The number of amides is 1. The highest BCUT2D eigenvalue weighted by molar-refractivity contribution is 5.76. The predicted octanol–water partition coefficient (Wildman–Crippen LogP) is -1.04. The first-order valence-corrected chi connectivity index (χ1v) is 5.65. The van der Waals surface area contributed by atoms with E-state index >= 15 is 0 Å². The van der Waals surface area contributed by atoms with Gasteiger partial charge in [0.15, 0.2) is 0 Å². The molecule has 2 saturated heterocycles. The Balaban J connectivity index is 1.60. The molecule has 1 aromatic heterocycles. The van der Waals surface area contributed by atoms with Gasteiger partial charge in [0.25, 0.3) is 0 Å². The normalized spacial score (nSPS) is 28.4. The third kappa shape index (κ3) is 1.69. The van der Waals surface area contributed by atoms with E-state index in [0.29, 0.717) is 18.4 Å². The van der Waals surface area contributed by atoms with Crippen molar-refractivity contribution in [2.75, 3.05) is 26.2 Å². The van der Waals surface area contributed by atoms with Gasteiger partial charge in [-0.15, -0.1) is 5.10 Å². The Morgan fingerprint density at radius 2 is 2.12 bits per heavy atom. The molecule has 2 aliphatic rings. The van der Waals surface area contributed by atoms with Crippen molar-refractivity contribution in [1.82, 2.24) is 25.2 Å². The van der Waals surface area contributed by atoms with Crippen LogP contribution in [0.1, 0.15) is 0 Å². The number of nitrogens with zero attached hydrogens (tertiary/aromatic N) is 4. The maximum Gasteiger partial charge on any atom is 0.244 e. The van der Waals surface area contributed by atoms with Gasteiger partial charge < -0.3 is 10.2 Å². The summed E-state index contributed by atoms with van der Waals surface area (Å²) in [6.07, 6.45) is 3.31. The lowest BCUT2D eigenvalue weighted by molar-refractivity contribution is -0.131. The maximum absolute atomic E-state index is 12.0. The largest absolute Gasteiger partial charge is 0.340 e. The Labute approximate surface area is 93.6 Å². The Morgan fingerprint density at radius 3 is 2.75 bits per heavy atom. The number of nitrogens with one attached hydrogen (secondary N) is 1. The summed E-state index contributed by atoms with van der Waals surface area (Å²) < 4.78 is 1.58. The predicted molar refractivity (Wildman–Crippen MR) is 56.5 cm³/mol. The molecule has 0 saturated carbocycles. The van der Waals surface area contributed by atoms with Crippen molar-refractivity contribution in [3.8, 4) is 0 Å². The van der Waals surface area contributed by atoms with E-state index in [9.17, 15) is 4.79 Å². The van der Waals surface area contributed by atoms with Crippen molar-refractivity contribution in [3.05, 3.63) is 12.4 Å². The number of hydrogen-bond donors (Lipinski definition) is 1. The van der Waals surface area contributed by atoms with Crippen LogP contribution in [0.2, 0.25) is 0 Å². The van der Waals surface area contributed by atoms with Gasteiger partial charge in [-0.05, 0) is 11.8 Å².